The van der Waals surface area contributed by atoms with E-state index in [4.69, 9.17) is 4.74 Å². The van der Waals surface area contributed by atoms with E-state index in [2.05, 4.69) is 26.1 Å². The number of hydrogen-bond donors (Lipinski definition) is 1. The molecule has 0 amide bonds. The van der Waals surface area contributed by atoms with Crippen LogP contribution in [0.2, 0.25) is 0 Å². The van der Waals surface area contributed by atoms with E-state index in [9.17, 15) is 0 Å². The van der Waals surface area contributed by atoms with Crippen LogP contribution >= 0.6 is 15.9 Å². The van der Waals surface area contributed by atoms with Gasteiger partial charge in [0.25, 0.3) is 0 Å². The fourth-order valence-corrected chi connectivity index (χ4v) is 2.35. The fourth-order valence-electron chi connectivity index (χ4n) is 1.97. The Hall–Kier alpha value is -0.580. The molecule has 0 bridgehead atoms. The van der Waals surface area contributed by atoms with Gasteiger partial charge in [-0.05, 0) is 24.6 Å². The van der Waals surface area contributed by atoms with Gasteiger partial charge in [0.05, 0.1) is 6.61 Å². The molecule has 1 N–H and O–H groups in total. The van der Waals surface area contributed by atoms with Crippen LogP contribution in [-0.4, -0.2) is 44.2 Å². The van der Waals surface area contributed by atoms with Crippen molar-refractivity contribution in [3.05, 3.63) is 28.7 Å². The molecule has 0 saturated carbocycles. The Morgan fingerprint density at radius 3 is 2.88 bits per heavy atom. The molecular weight excluding hydrogens is 280 g/mol. The van der Waals surface area contributed by atoms with Gasteiger partial charge in [0.2, 0.25) is 0 Å². The van der Waals surface area contributed by atoms with Crippen molar-refractivity contribution in [1.82, 2.24) is 10.2 Å². The van der Waals surface area contributed by atoms with Crippen molar-refractivity contribution in [3.8, 4) is 5.75 Å². The van der Waals surface area contributed by atoms with E-state index < -0.39 is 0 Å². The molecule has 1 fully saturated rings. The summed E-state index contributed by atoms with van der Waals surface area (Å²) in [4.78, 5) is 2.49. The molecule has 2 rings (SSSR count). The lowest BCUT2D eigenvalue weighted by Gasteiger charge is -2.26. The van der Waals surface area contributed by atoms with Gasteiger partial charge in [0.1, 0.15) is 5.75 Å². The van der Waals surface area contributed by atoms with Crippen LogP contribution in [0.15, 0.2) is 28.7 Å². The Morgan fingerprint density at radius 1 is 1.29 bits per heavy atom. The molecule has 1 aromatic carbocycles. The molecule has 0 unspecified atom stereocenters. The smallest absolute Gasteiger partial charge is 0.120 e. The first-order valence-electron chi connectivity index (χ1n) is 6.16. The maximum Gasteiger partial charge on any atom is 0.120 e. The minimum Gasteiger partial charge on any atom is -0.494 e. The minimum absolute atomic E-state index is 0.792. The molecule has 0 atom stereocenters. The van der Waals surface area contributed by atoms with Crippen molar-refractivity contribution in [2.45, 2.75) is 6.42 Å². The molecule has 3 nitrogen and oxygen atoms in total. The average Bonchev–Trinajstić information content (AvgIpc) is 2.36. The number of piperazine rings is 1. The van der Waals surface area contributed by atoms with E-state index in [1.54, 1.807) is 0 Å². The lowest BCUT2D eigenvalue weighted by Crippen LogP contribution is -2.43. The normalized spacial score (nSPS) is 17.0. The Kier molecular flexibility index (Phi) is 5.29. The largest absolute Gasteiger partial charge is 0.494 e. The summed E-state index contributed by atoms with van der Waals surface area (Å²) in [5.74, 6) is 0.944. The number of hydrogen-bond acceptors (Lipinski definition) is 3. The second-order valence-corrected chi connectivity index (χ2v) is 5.17. The summed E-state index contributed by atoms with van der Waals surface area (Å²) in [7, 11) is 0. The molecule has 0 aromatic heterocycles. The van der Waals surface area contributed by atoms with Gasteiger partial charge in [-0.2, -0.15) is 0 Å². The van der Waals surface area contributed by atoms with E-state index in [-0.39, 0.29) is 0 Å². The van der Waals surface area contributed by atoms with Gasteiger partial charge in [0, 0.05) is 37.2 Å². The Morgan fingerprint density at radius 2 is 2.12 bits per heavy atom. The van der Waals surface area contributed by atoms with Crippen LogP contribution in [0.5, 0.6) is 5.75 Å². The van der Waals surface area contributed by atoms with Crippen molar-refractivity contribution >= 4 is 15.9 Å². The van der Waals surface area contributed by atoms with Gasteiger partial charge >= 0.3 is 0 Å². The number of nitrogens with zero attached hydrogens (tertiary/aromatic N) is 1. The molecule has 17 heavy (non-hydrogen) atoms. The molecule has 1 aliphatic rings. The van der Waals surface area contributed by atoms with E-state index >= 15 is 0 Å². The second kappa shape index (κ2) is 6.99. The van der Waals surface area contributed by atoms with Gasteiger partial charge in [-0.3, -0.25) is 0 Å². The number of nitrogens with one attached hydrogen (secondary N) is 1. The summed E-state index contributed by atoms with van der Waals surface area (Å²) in [5, 5.41) is 3.36. The van der Waals surface area contributed by atoms with E-state index in [0.29, 0.717) is 0 Å². The number of halogens is 1. The Labute approximate surface area is 111 Å². The maximum absolute atomic E-state index is 5.71. The highest BCUT2D eigenvalue weighted by atomic mass is 79.9. The molecule has 4 heteroatoms. The van der Waals surface area contributed by atoms with Crippen LogP contribution < -0.4 is 10.1 Å². The van der Waals surface area contributed by atoms with Crippen LogP contribution in [0.3, 0.4) is 0 Å². The summed E-state index contributed by atoms with van der Waals surface area (Å²) < 4.78 is 6.77. The molecule has 1 saturated heterocycles. The van der Waals surface area contributed by atoms with Gasteiger partial charge in [-0.15, -0.1) is 0 Å². The molecule has 94 valence electrons. The van der Waals surface area contributed by atoms with Gasteiger partial charge in [0.15, 0.2) is 0 Å². The summed E-state index contributed by atoms with van der Waals surface area (Å²) in [6, 6.07) is 8.00. The van der Waals surface area contributed by atoms with Crippen molar-refractivity contribution < 1.29 is 4.74 Å². The summed E-state index contributed by atoms with van der Waals surface area (Å²) >= 11 is 3.44. The molecular formula is C13H19BrN2O. The molecule has 1 heterocycles. The van der Waals surface area contributed by atoms with Crippen LogP contribution in [0.1, 0.15) is 6.42 Å². The second-order valence-electron chi connectivity index (χ2n) is 4.25. The predicted octanol–water partition coefficient (Wildman–Crippen LogP) is 2.12. The van der Waals surface area contributed by atoms with Crippen LogP contribution in [0, 0.1) is 0 Å². The van der Waals surface area contributed by atoms with Crippen molar-refractivity contribution in [3.63, 3.8) is 0 Å². The zero-order valence-corrected chi connectivity index (χ0v) is 11.6. The molecule has 1 aliphatic heterocycles. The average molecular weight is 299 g/mol. The highest BCUT2D eigenvalue weighted by Gasteiger charge is 2.08. The van der Waals surface area contributed by atoms with E-state index in [0.717, 1.165) is 56.0 Å². The quantitative estimate of drug-likeness (QED) is 0.843. The topological polar surface area (TPSA) is 24.5 Å². The fraction of sp³-hybridized carbons (Fsp3) is 0.538. The molecule has 0 radical (unpaired) electrons. The predicted molar refractivity (Wildman–Crippen MR) is 73.6 cm³/mol. The molecule has 0 aliphatic carbocycles. The Bertz CT molecular complexity index is 340. The first-order valence-corrected chi connectivity index (χ1v) is 6.95. The summed E-state index contributed by atoms with van der Waals surface area (Å²) in [5.41, 5.74) is 0. The monoisotopic (exact) mass is 298 g/mol. The number of rotatable bonds is 5. The third-order valence-corrected chi connectivity index (χ3v) is 3.39. The van der Waals surface area contributed by atoms with Crippen molar-refractivity contribution in [1.29, 1.82) is 0 Å². The first kappa shape index (κ1) is 12.9. The highest BCUT2D eigenvalue weighted by molar-refractivity contribution is 9.10. The third-order valence-electron chi connectivity index (χ3n) is 2.89. The standard InChI is InChI=1S/C13H19BrN2O/c14-12-3-1-4-13(11-12)17-10-2-7-16-8-5-15-6-9-16/h1,3-4,11,15H,2,5-10H2. The van der Waals surface area contributed by atoms with Crippen LogP contribution in [0.25, 0.3) is 0 Å². The maximum atomic E-state index is 5.71. The van der Waals surface area contributed by atoms with Gasteiger partial charge in [-0.1, -0.05) is 22.0 Å². The molecule has 1 aromatic rings. The van der Waals surface area contributed by atoms with Crippen molar-refractivity contribution in [2.24, 2.45) is 0 Å². The molecule has 0 spiro atoms. The van der Waals surface area contributed by atoms with Crippen LogP contribution in [-0.2, 0) is 0 Å². The summed E-state index contributed by atoms with van der Waals surface area (Å²) in [6.45, 7) is 6.49. The highest BCUT2D eigenvalue weighted by Crippen LogP contribution is 2.17. The zero-order valence-electron chi connectivity index (χ0n) is 9.99. The SMILES string of the molecule is Brc1cccc(OCCCN2CCNCC2)c1. The van der Waals surface area contributed by atoms with Crippen molar-refractivity contribution in [2.75, 3.05) is 39.3 Å². The van der Waals surface area contributed by atoms with Crippen LogP contribution in [0.4, 0.5) is 0 Å². The zero-order chi connectivity index (χ0) is 11.9. The third kappa shape index (κ3) is 4.66. The van der Waals surface area contributed by atoms with E-state index in [1.807, 2.05) is 24.3 Å². The lowest BCUT2D eigenvalue weighted by atomic mass is 10.3. The van der Waals surface area contributed by atoms with E-state index in [1.165, 1.54) is 0 Å². The summed E-state index contributed by atoms with van der Waals surface area (Å²) in [6.07, 6.45) is 1.09. The Balaban J connectivity index is 1.62. The first-order chi connectivity index (χ1) is 8.34. The van der Waals surface area contributed by atoms with Gasteiger partial charge < -0.3 is 15.0 Å². The van der Waals surface area contributed by atoms with Gasteiger partial charge in [-0.25, -0.2) is 0 Å². The lowest BCUT2D eigenvalue weighted by molar-refractivity contribution is 0.214. The number of benzene rings is 1. The minimum atomic E-state index is 0.792. The number of ether oxygens (including phenoxy) is 1.